The first-order valence-corrected chi connectivity index (χ1v) is 18.5. The van der Waals surface area contributed by atoms with Crippen LogP contribution in [0.4, 0.5) is 11.4 Å². The second-order valence-corrected chi connectivity index (χ2v) is 14.2. The number of pyridine rings is 1. The summed E-state index contributed by atoms with van der Waals surface area (Å²) in [5.41, 5.74) is 22.5. The van der Waals surface area contributed by atoms with Gasteiger partial charge in [0.2, 0.25) is 0 Å². The molecule has 0 spiro atoms. The van der Waals surface area contributed by atoms with Gasteiger partial charge < -0.3 is 9.80 Å². The molecule has 6 aromatic carbocycles. The second-order valence-electron chi connectivity index (χ2n) is 14.2. The highest BCUT2D eigenvalue weighted by Crippen LogP contribution is 2.45. The fourth-order valence-electron chi connectivity index (χ4n) is 8.10. The van der Waals surface area contributed by atoms with Crippen LogP contribution in [0.1, 0.15) is 36.1 Å². The van der Waals surface area contributed by atoms with E-state index >= 15 is 0 Å². The number of hydrogen-bond donors (Lipinski definition) is 0. The molecule has 3 nitrogen and oxygen atoms in total. The molecule has 8 rings (SSSR count). The summed E-state index contributed by atoms with van der Waals surface area (Å²) >= 11 is 0. The van der Waals surface area contributed by atoms with Crippen LogP contribution in [-0.4, -0.2) is 11.7 Å². The summed E-state index contributed by atoms with van der Waals surface area (Å²) in [6, 6.07) is 52.4. The smallest absolute Gasteiger partial charge is 0.0994 e. The zero-order valence-corrected chi connectivity index (χ0v) is 31.5. The highest BCUT2D eigenvalue weighted by molar-refractivity contribution is 5.93. The third-order valence-electron chi connectivity index (χ3n) is 11.3. The van der Waals surface area contributed by atoms with Gasteiger partial charge >= 0.3 is 0 Å². The van der Waals surface area contributed by atoms with Gasteiger partial charge in [0.1, 0.15) is 0 Å². The van der Waals surface area contributed by atoms with E-state index in [4.69, 9.17) is 0 Å². The number of aromatic nitrogens is 1. The van der Waals surface area contributed by atoms with Gasteiger partial charge in [-0.15, -0.1) is 0 Å². The minimum atomic E-state index is 0.806. The van der Waals surface area contributed by atoms with Gasteiger partial charge in [-0.3, -0.25) is 4.98 Å². The summed E-state index contributed by atoms with van der Waals surface area (Å²) in [6.45, 7) is 14.4. The van der Waals surface area contributed by atoms with E-state index in [0.717, 1.165) is 17.9 Å². The number of anilines is 2. The zero-order valence-electron chi connectivity index (χ0n) is 31.5. The van der Waals surface area contributed by atoms with Crippen LogP contribution in [0.2, 0.25) is 0 Å². The molecule has 2 heterocycles. The largest absolute Gasteiger partial charge is 0.325 e. The molecule has 1 aliphatic rings. The minimum Gasteiger partial charge on any atom is -0.325 e. The van der Waals surface area contributed by atoms with Crippen LogP contribution in [0.5, 0.6) is 0 Å². The summed E-state index contributed by atoms with van der Waals surface area (Å²) in [4.78, 5) is 9.34. The van der Waals surface area contributed by atoms with Crippen LogP contribution in [0.15, 0.2) is 163 Å². The normalized spacial score (nSPS) is 12.9. The standard InChI is InChI=1S/C50H45N3/c1-33-35(3)50(36(4)34(2)49(33)46-20-12-10-18-44(46)39-23-25-41(26-24-39)48-22-14-15-31-51-48)47-21-13-11-19-45(47)40-27-29-43(30-28-40)53-32-52(37(5)38(53)6)42-16-8-7-9-17-42/h7-31H,32H2,1-6H3. The fourth-order valence-corrected chi connectivity index (χ4v) is 8.10. The molecule has 0 saturated carbocycles. The Labute approximate surface area is 314 Å². The number of benzene rings is 6. The number of hydrogen-bond acceptors (Lipinski definition) is 3. The Balaban J connectivity index is 1.14. The maximum atomic E-state index is 4.55. The van der Waals surface area contributed by atoms with Crippen molar-refractivity contribution in [2.24, 2.45) is 0 Å². The summed E-state index contributed by atoms with van der Waals surface area (Å²) in [5.74, 6) is 0. The lowest BCUT2D eigenvalue weighted by Gasteiger charge is -2.25. The molecule has 0 unspecified atom stereocenters. The van der Waals surface area contributed by atoms with Gasteiger partial charge in [0.05, 0.1) is 12.4 Å². The number of nitrogens with zero attached hydrogens (tertiary/aromatic N) is 3. The Morgan fingerprint density at radius 1 is 0.377 bits per heavy atom. The predicted octanol–water partition coefficient (Wildman–Crippen LogP) is 13.2. The first kappa shape index (κ1) is 33.9. The molecule has 1 aliphatic heterocycles. The van der Waals surface area contributed by atoms with E-state index in [1.54, 1.807) is 0 Å². The van der Waals surface area contributed by atoms with Crippen LogP contribution in [0.3, 0.4) is 0 Å². The van der Waals surface area contributed by atoms with E-state index in [2.05, 4.69) is 190 Å². The Morgan fingerprint density at radius 2 is 0.774 bits per heavy atom. The lowest BCUT2D eigenvalue weighted by molar-refractivity contribution is 0.938. The molecule has 0 aliphatic carbocycles. The molecular formula is C50H45N3. The minimum absolute atomic E-state index is 0.806. The van der Waals surface area contributed by atoms with E-state index in [0.29, 0.717) is 0 Å². The summed E-state index contributed by atoms with van der Waals surface area (Å²) in [7, 11) is 0. The van der Waals surface area contributed by atoms with Gasteiger partial charge in [0, 0.05) is 34.5 Å². The van der Waals surface area contributed by atoms with Crippen LogP contribution in [0.25, 0.3) is 55.8 Å². The molecule has 0 atom stereocenters. The highest BCUT2D eigenvalue weighted by atomic mass is 15.4. The highest BCUT2D eigenvalue weighted by Gasteiger charge is 2.26. The molecule has 0 fully saturated rings. The third-order valence-corrected chi connectivity index (χ3v) is 11.3. The van der Waals surface area contributed by atoms with Crippen LogP contribution >= 0.6 is 0 Å². The molecule has 1 aromatic heterocycles. The summed E-state index contributed by atoms with van der Waals surface area (Å²) < 4.78 is 0. The van der Waals surface area contributed by atoms with Gasteiger partial charge in [0.25, 0.3) is 0 Å². The molecule has 3 heteroatoms. The molecule has 0 saturated heterocycles. The summed E-state index contributed by atoms with van der Waals surface area (Å²) in [6.07, 6.45) is 1.85. The SMILES string of the molecule is CC1=C(C)N(c2ccc(-c3ccccc3-c3c(C)c(C)c(-c4ccccc4-c4ccc(-c5ccccn5)cc4)c(C)c3C)cc2)CN1c1ccccc1. The van der Waals surface area contributed by atoms with E-state index in [1.165, 1.54) is 89.5 Å². The zero-order chi connectivity index (χ0) is 36.6. The number of rotatable bonds is 7. The van der Waals surface area contributed by atoms with Gasteiger partial charge in [0.15, 0.2) is 0 Å². The molecule has 0 bridgehead atoms. The number of para-hydroxylation sites is 1. The summed E-state index contributed by atoms with van der Waals surface area (Å²) in [5, 5.41) is 0. The Morgan fingerprint density at radius 3 is 1.25 bits per heavy atom. The van der Waals surface area contributed by atoms with Crippen LogP contribution in [-0.2, 0) is 0 Å². The maximum Gasteiger partial charge on any atom is 0.0994 e. The van der Waals surface area contributed by atoms with E-state index < -0.39 is 0 Å². The maximum absolute atomic E-state index is 4.55. The topological polar surface area (TPSA) is 19.4 Å². The Hall–Kier alpha value is -6.19. The lowest BCUT2D eigenvalue weighted by atomic mass is 9.80. The van der Waals surface area contributed by atoms with Crippen molar-refractivity contribution in [2.75, 3.05) is 16.5 Å². The van der Waals surface area contributed by atoms with E-state index in [9.17, 15) is 0 Å². The van der Waals surface area contributed by atoms with E-state index in [1.807, 2.05) is 18.3 Å². The Bertz CT molecular complexity index is 2430. The van der Waals surface area contributed by atoms with Crippen molar-refractivity contribution in [1.82, 2.24) is 4.98 Å². The van der Waals surface area contributed by atoms with E-state index in [-0.39, 0.29) is 0 Å². The predicted molar refractivity (Wildman–Crippen MR) is 225 cm³/mol. The molecule has 260 valence electrons. The average Bonchev–Trinajstić information content (AvgIpc) is 3.51. The first-order chi connectivity index (χ1) is 25.8. The first-order valence-electron chi connectivity index (χ1n) is 18.5. The van der Waals surface area contributed by atoms with Crippen LogP contribution < -0.4 is 9.80 Å². The quantitative estimate of drug-likeness (QED) is 0.166. The van der Waals surface area contributed by atoms with Gasteiger partial charge in [-0.25, -0.2) is 0 Å². The van der Waals surface area contributed by atoms with Crippen molar-refractivity contribution in [2.45, 2.75) is 41.5 Å². The van der Waals surface area contributed by atoms with Crippen molar-refractivity contribution in [3.63, 3.8) is 0 Å². The fraction of sp³-hybridized carbons (Fsp3) is 0.140. The monoisotopic (exact) mass is 687 g/mol. The molecule has 0 radical (unpaired) electrons. The van der Waals surface area contributed by atoms with Gasteiger partial charge in [-0.05, 0) is 145 Å². The molecule has 0 N–H and O–H groups in total. The molecule has 53 heavy (non-hydrogen) atoms. The van der Waals surface area contributed by atoms with Crippen molar-refractivity contribution in [1.29, 1.82) is 0 Å². The van der Waals surface area contributed by atoms with Crippen LogP contribution in [0, 0.1) is 27.7 Å². The van der Waals surface area contributed by atoms with Gasteiger partial charge in [-0.2, -0.15) is 0 Å². The average molecular weight is 688 g/mol. The molecule has 7 aromatic rings. The second kappa shape index (κ2) is 14.1. The third kappa shape index (κ3) is 6.13. The molecular weight excluding hydrogens is 643 g/mol. The van der Waals surface area contributed by atoms with Crippen molar-refractivity contribution in [3.05, 3.63) is 185 Å². The van der Waals surface area contributed by atoms with Crippen molar-refractivity contribution < 1.29 is 0 Å². The Kier molecular flexibility index (Phi) is 9.02. The molecule has 0 amide bonds. The van der Waals surface area contributed by atoms with Crippen molar-refractivity contribution >= 4 is 11.4 Å². The number of allylic oxidation sites excluding steroid dienone is 2. The van der Waals surface area contributed by atoms with Gasteiger partial charge in [-0.1, -0.05) is 109 Å². The lowest BCUT2D eigenvalue weighted by Crippen LogP contribution is -2.26. The van der Waals surface area contributed by atoms with Crippen molar-refractivity contribution in [3.8, 4) is 55.8 Å².